The summed E-state index contributed by atoms with van der Waals surface area (Å²) in [7, 11) is 0. The molecule has 2 N–H and O–H groups in total. The van der Waals surface area contributed by atoms with Crippen molar-refractivity contribution in [1.82, 2.24) is 20.2 Å². The molecule has 4 heterocycles. The van der Waals surface area contributed by atoms with Crippen molar-refractivity contribution in [2.24, 2.45) is 0 Å². The van der Waals surface area contributed by atoms with Gasteiger partial charge in [0.1, 0.15) is 11.5 Å². The highest BCUT2D eigenvalue weighted by atomic mass is 16.1. The molecule has 0 spiro atoms. The van der Waals surface area contributed by atoms with Gasteiger partial charge in [-0.25, -0.2) is 4.98 Å². The lowest BCUT2D eigenvalue weighted by atomic mass is 9.89. The van der Waals surface area contributed by atoms with E-state index >= 15 is 0 Å². The van der Waals surface area contributed by atoms with Crippen LogP contribution in [0.4, 0.5) is 11.5 Å². The van der Waals surface area contributed by atoms with Crippen LogP contribution in [-0.4, -0.2) is 66.1 Å². The zero-order valence-corrected chi connectivity index (χ0v) is 18.7. The van der Waals surface area contributed by atoms with Crippen LogP contribution in [0.15, 0.2) is 36.7 Å². The molecule has 0 aromatic carbocycles. The molecule has 166 valence electrons. The van der Waals surface area contributed by atoms with Gasteiger partial charge in [-0.05, 0) is 88.5 Å². The van der Waals surface area contributed by atoms with E-state index in [1.54, 1.807) is 24.5 Å². The van der Waals surface area contributed by atoms with Gasteiger partial charge in [0.05, 0.1) is 0 Å². The van der Waals surface area contributed by atoms with Crippen molar-refractivity contribution in [1.29, 1.82) is 0 Å². The molecule has 2 aliphatic rings. The van der Waals surface area contributed by atoms with Gasteiger partial charge in [-0.2, -0.15) is 0 Å². The number of aromatic nitrogens is 2. The van der Waals surface area contributed by atoms with Crippen LogP contribution >= 0.6 is 0 Å². The Morgan fingerprint density at radius 1 is 1.10 bits per heavy atom. The van der Waals surface area contributed by atoms with Gasteiger partial charge in [0.15, 0.2) is 0 Å². The molecule has 0 unspecified atom stereocenters. The highest BCUT2D eigenvalue weighted by Crippen LogP contribution is 2.31. The number of hydrogen-bond donors (Lipinski definition) is 2. The molecule has 0 radical (unpaired) electrons. The average molecular weight is 423 g/mol. The predicted molar refractivity (Wildman–Crippen MR) is 125 cm³/mol. The van der Waals surface area contributed by atoms with Gasteiger partial charge in [-0.15, -0.1) is 0 Å². The van der Waals surface area contributed by atoms with E-state index in [9.17, 15) is 4.79 Å². The van der Waals surface area contributed by atoms with Crippen molar-refractivity contribution >= 4 is 17.4 Å². The zero-order chi connectivity index (χ0) is 21.6. The molecule has 2 fully saturated rings. The first-order valence-electron chi connectivity index (χ1n) is 11.5. The summed E-state index contributed by atoms with van der Waals surface area (Å²) in [5.74, 6) is 1.23. The molecular weight excluding hydrogens is 388 g/mol. The minimum Gasteiger partial charge on any atom is -0.355 e. The van der Waals surface area contributed by atoms with Crippen LogP contribution < -0.4 is 15.5 Å². The Balaban J connectivity index is 1.60. The topological polar surface area (TPSA) is 73.4 Å². The van der Waals surface area contributed by atoms with Gasteiger partial charge < -0.3 is 20.4 Å². The highest BCUT2D eigenvalue weighted by Gasteiger charge is 2.25. The monoisotopic (exact) mass is 422 g/mol. The van der Waals surface area contributed by atoms with E-state index < -0.39 is 0 Å². The number of anilines is 2. The number of pyridine rings is 2. The average Bonchev–Trinajstić information content (AvgIpc) is 3.09. The minimum absolute atomic E-state index is 0.165. The number of nitrogens with zero attached hydrogens (tertiary/aromatic N) is 4. The van der Waals surface area contributed by atoms with Crippen molar-refractivity contribution in [3.05, 3.63) is 47.9 Å². The number of hydrogen-bond acceptors (Lipinski definition) is 6. The zero-order valence-electron chi connectivity index (χ0n) is 18.7. The lowest BCUT2D eigenvalue weighted by Crippen LogP contribution is -2.38. The Bertz CT molecular complexity index is 856. The lowest BCUT2D eigenvalue weighted by molar-refractivity contribution is 0.102. The van der Waals surface area contributed by atoms with Crippen LogP contribution in [0.1, 0.15) is 55.1 Å². The molecule has 0 saturated carbocycles. The first-order chi connectivity index (χ1) is 15.1. The van der Waals surface area contributed by atoms with E-state index in [2.05, 4.69) is 45.3 Å². The molecule has 4 rings (SSSR count). The maximum atomic E-state index is 13.1. The SMILES string of the molecule is CC(C)N1CCC(c2cc(C(=O)Nc3ccncc3)nc(N3CCCNCC3)c2)CC1. The fourth-order valence-corrected chi connectivity index (χ4v) is 4.50. The van der Waals surface area contributed by atoms with E-state index in [0.29, 0.717) is 17.7 Å². The van der Waals surface area contributed by atoms with Crippen LogP contribution in [-0.2, 0) is 0 Å². The van der Waals surface area contributed by atoms with Gasteiger partial charge in [0.25, 0.3) is 5.91 Å². The lowest BCUT2D eigenvalue weighted by Gasteiger charge is -2.35. The second-order valence-corrected chi connectivity index (χ2v) is 8.83. The maximum absolute atomic E-state index is 13.1. The highest BCUT2D eigenvalue weighted by molar-refractivity contribution is 6.03. The van der Waals surface area contributed by atoms with Crippen LogP contribution in [0.3, 0.4) is 0 Å². The van der Waals surface area contributed by atoms with Gasteiger partial charge >= 0.3 is 0 Å². The molecule has 0 bridgehead atoms. The quantitative estimate of drug-likeness (QED) is 0.771. The van der Waals surface area contributed by atoms with Gasteiger partial charge in [-0.3, -0.25) is 9.78 Å². The van der Waals surface area contributed by atoms with Crippen molar-refractivity contribution in [2.75, 3.05) is 49.5 Å². The second kappa shape index (κ2) is 10.2. The first-order valence-corrected chi connectivity index (χ1v) is 11.5. The summed E-state index contributed by atoms with van der Waals surface area (Å²) in [6, 6.07) is 8.41. The van der Waals surface area contributed by atoms with Gasteiger partial charge in [0, 0.05) is 43.8 Å². The number of rotatable bonds is 5. The molecule has 2 saturated heterocycles. The smallest absolute Gasteiger partial charge is 0.274 e. The predicted octanol–water partition coefficient (Wildman–Crippen LogP) is 3.12. The van der Waals surface area contributed by atoms with E-state index in [1.165, 1.54) is 5.56 Å². The summed E-state index contributed by atoms with van der Waals surface area (Å²) in [4.78, 5) is 26.7. The van der Waals surface area contributed by atoms with Crippen molar-refractivity contribution in [3.8, 4) is 0 Å². The molecule has 2 aromatic rings. The van der Waals surface area contributed by atoms with Crippen LogP contribution in [0.25, 0.3) is 0 Å². The van der Waals surface area contributed by atoms with E-state index in [-0.39, 0.29) is 5.91 Å². The van der Waals surface area contributed by atoms with Crippen LogP contribution in [0.2, 0.25) is 0 Å². The van der Waals surface area contributed by atoms with E-state index in [4.69, 9.17) is 4.98 Å². The van der Waals surface area contributed by atoms with E-state index in [0.717, 1.165) is 70.0 Å². The summed E-state index contributed by atoms with van der Waals surface area (Å²) < 4.78 is 0. The van der Waals surface area contributed by atoms with Gasteiger partial charge in [-0.1, -0.05) is 0 Å². The third-order valence-electron chi connectivity index (χ3n) is 6.40. The van der Waals surface area contributed by atoms with E-state index in [1.807, 2.05) is 6.07 Å². The normalized spacial score (nSPS) is 18.7. The Morgan fingerprint density at radius 2 is 1.87 bits per heavy atom. The van der Waals surface area contributed by atoms with Crippen molar-refractivity contribution in [3.63, 3.8) is 0 Å². The van der Waals surface area contributed by atoms with Crippen molar-refractivity contribution < 1.29 is 4.79 Å². The summed E-state index contributed by atoms with van der Waals surface area (Å²) in [6.07, 6.45) is 6.68. The Labute approximate surface area is 185 Å². The molecule has 0 aliphatic carbocycles. The molecule has 0 atom stereocenters. The summed E-state index contributed by atoms with van der Waals surface area (Å²) in [5.41, 5.74) is 2.47. The molecule has 7 nitrogen and oxygen atoms in total. The van der Waals surface area contributed by atoms with Gasteiger partial charge in [0.2, 0.25) is 0 Å². The third kappa shape index (κ3) is 5.60. The number of amides is 1. The molecule has 7 heteroatoms. The maximum Gasteiger partial charge on any atom is 0.274 e. The summed E-state index contributed by atoms with van der Waals surface area (Å²) >= 11 is 0. The second-order valence-electron chi connectivity index (χ2n) is 8.83. The number of carbonyl (C=O) groups is 1. The number of carbonyl (C=O) groups excluding carboxylic acids is 1. The number of piperidine rings is 1. The molecule has 31 heavy (non-hydrogen) atoms. The fourth-order valence-electron chi connectivity index (χ4n) is 4.50. The number of nitrogens with one attached hydrogen (secondary N) is 2. The van der Waals surface area contributed by atoms with Crippen molar-refractivity contribution in [2.45, 2.75) is 45.1 Å². The molecule has 1 amide bonds. The summed E-state index contributed by atoms with van der Waals surface area (Å²) in [6.45, 7) is 10.6. The third-order valence-corrected chi connectivity index (χ3v) is 6.40. The summed E-state index contributed by atoms with van der Waals surface area (Å²) in [5, 5.41) is 6.42. The van der Waals surface area contributed by atoms with Crippen LogP contribution in [0.5, 0.6) is 0 Å². The number of likely N-dealkylation sites (tertiary alicyclic amines) is 1. The largest absolute Gasteiger partial charge is 0.355 e. The standard InChI is InChI=1S/C24H34N6O/c1-18(2)29-13-6-19(7-14-29)20-16-22(24(31)27-21-4-9-26-10-5-21)28-23(17-20)30-12-3-8-25-11-15-30/h4-5,9-10,16-19,25H,3,6-8,11-15H2,1-2H3,(H,26,27,31). The molecule has 2 aromatic heterocycles. The Kier molecular flexibility index (Phi) is 7.14. The Morgan fingerprint density at radius 3 is 2.61 bits per heavy atom. The first kappa shape index (κ1) is 21.7. The minimum atomic E-state index is -0.165. The molecule has 2 aliphatic heterocycles. The molecular formula is C24H34N6O. The van der Waals surface area contributed by atoms with Crippen LogP contribution in [0, 0.1) is 0 Å². The Hall–Kier alpha value is -2.51. The fraction of sp³-hybridized carbons (Fsp3) is 0.542.